The first kappa shape index (κ1) is 17.9. The Balaban J connectivity index is 1.55. The summed E-state index contributed by atoms with van der Waals surface area (Å²) in [4.78, 5) is 27.8. The minimum Gasteiger partial charge on any atom is -0.497 e. The van der Waals surface area contributed by atoms with E-state index in [1.807, 2.05) is 62.4 Å². The van der Waals surface area contributed by atoms with Crippen LogP contribution in [0.2, 0.25) is 0 Å². The summed E-state index contributed by atoms with van der Waals surface area (Å²) in [6, 6.07) is 14.7. The smallest absolute Gasteiger partial charge is 0.256 e. The number of hydrogen-bond acceptors (Lipinski definition) is 4. The van der Waals surface area contributed by atoms with Crippen LogP contribution in [0.15, 0.2) is 48.5 Å². The summed E-state index contributed by atoms with van der Waals surface area (Å²) in [5.74, 6) is 0.568. The highest BCUT2D eigenvalue weighted by molar-refractivity contribution is 8.01. The topological polar surface area (TPSA) is 58.6 Å². The van der Waals surface area contributed by atoms with E-state index < -0.39 is 6.04 Å². The van der Waals surface area contributed by atoms with E-state index in [1.54, 1.807) is 23.8 Å². The number of nitrogens with one attached hydrogen (secondary N) is 1. The van der Waals surface area contributed by atoms with E-state index in [-0.39, 0.29) is 21.9 Å². The van der Waals surface area contributed by atoms with Crippen LogP contribution in [0.3, 0.4) is 0 Å². The van der Waals surface area contributed by atoms with Crippen molar-refractivity contribution in [3.63, 3.8) is 0 Å². The predicted octanol–water partition coefficient (Wildman–Crippen LogP) is 3.36. The van der Waals surface area contributed by atoms with Gasteiger partial charge in [0.2, 0.25) is 5.91 Å². The summed E-state index contributed by atoms with van der Waals surface area (Å²) in [7, 11) is 1.62. The van der Waals surface area contributed by atoms with Crippen LogP contribution in [0.5, 0.6) is 5.75 Å². The summed E-state index contributed by atoms with van der Waals surface area (Å²) in [6.07, 6.45) is 0. The first-order chi connectivity index (χ1) is 12.9. The van der Waals surface area contributed by atoms with Gasteiger partial charge in [-0.15, -0.1) is 11.8 Å². The summed E-state index contributed by atoms with van der Waals surface area (Å²) in [5, 5.41) is 2.91. The van der Waals surface area contributed by atoms with E-state index in [1.165, 1.54) is 0 Å². The fraction of sp³-hybridized carbons (Fsp3) is 0.333. The summed E-state index contributed by atoms with van der Waals surface area (Å²) >= 11 is 1.67. The summed E-state index contributed by atoms with van der Waals surface area (Å²) in [6.45, 7) is 4.45. The average molecular weight is 382 g/mol. The maximum atomic E-state index is 13.1. The zero-order valence-corrected chi connectivity index (χ0v) is 16.4. The molecule has 4 rings (SSSR count). The van der Waals surface area contributed by atoms with Crippen LogP contribution >= 0.6 is 11.8 Å². The molecule has 2 amide bonds. The van der Waals surface area contributed by atoms with E-state index in [4.69, 9.17) is 4.74 Å². The van der Waals surface area contributed by atoms with Crippen molar-refractivity contribution in [3.8, 4) is 5.75 Å². The Kier molecular flexibility index (Phi) is 4.38. The van der Waals surface area contributed by atoms with E-state index in [9.17, 15) is 9.59 Å². The molecule has 2 atom stereocenters. The molecule has 0 aromatic heterocycles. The number of benzene rings is 2. The molecule has 0 unspecified atom stereocenters. The lowest BCUT2D eigenvalue weighted by Gasteiger charge is -2.29. The van der Waals surface area contributed by atoms with Gasteiger partial charge >= 0.3 is 0 Å². The molecule has 0 aliphatic carbocycles. The third-order valence-corrected chi connectivity index (χ3v) is 6.68. The molecular formula is C21H22N2O3S. The minimum atomic E-state index is -0.516. The van der Waals surface area contributed by atoms with Crippen LogP contribution in [0.4, 0.5) is 0 Å². The van der Waals surface area contributed by atoms with Crippen molar-refractivity contribution in [1.29, 1.82) is 0 Å². The molecule has 2 heterocycles. The highest BCUT2D eigenvalue weighted by atomic mass is 32.2. The van der Waals surface area contributed by atoms with Crippen molar-refractivity contribution in [2.24, 2.45) is 0 Å². The van der Waals surface area contributed by atoms with Gasteiger partial charge < -0.3 is 15.0 Å². The first-order valence-corrected chi connectivity index (χ1v) is 9.80. The standard InChI is InChI=1S/C21H22N2O3S/c1-21(2)17(18(24)22-12-13-7-6-8-14(11-13)26-3)23-19(25)15-9-4-5-10-16(15)20(23)27-21/h4-11,17,20H,12H2,1-3H3,(H,22,24)/t17-,20+/m0/s1. The molecule has 140 valence electrons. The molecule has 1 fully saturated rings. The third kappa shape index (κ3) is 2.98. The number of hydrogen-bond donors (Lipinski definition) is 1. The van der Waals surface area contributed by atoms with Crippen LogP contribution in [-0.4, -0.2) is 34.6 Å². The second-order valence-corrected chi connectivity index (χ2v) is 9.08. The number of thioether (sulfide) groups is 1. The molecule has 0 bridgehead atoms. The van der Waals surface area contributed by atoms with E-state index in [2.05, 4.69) is 5.32 Å². The summed E-state index contributed by atoms with van der Waals surface area (Å²) < 4.78 is 4.86. The highest BCUT2D eigenvalue weighted by Crippen LogP contribution is 2.56. The number of ether oxygens (including phenoxy) is 1. The Morgan fingerprint density at radius 1 is 1.22 bits per heavy atom. The Bertz CT molecular complexity index is 912. The van der Waals surface area contributed by atoms with Gasteiger partial charge in [-0.3, -0.25) is 9.59 Å². The second-order valence-electron chi connectivity index (χ2n) is 7.35. The maximum Gasteiger partial charge on any atom is 0.256 e. The second kappa shape index (κ2) is 6.60. The Hall–Kier alpha value is -2.47. The fourth-order valence-corrected chi connectivity index (χ4v) is 5.46. The zero-order chi connectivity index (χ0) is 19.2. The van der Waals surface area contributed by atoms with Crippen LogP contribution in [0.25, 0.3) is 0 Å². The number of fused-ring (bicyclic) bond motifs is 3. The van der Waals surface area contributed by atoms with Gasteiger partial charge in [0.05, 0.1) is 7.11 Å². The number of methoxy groups -OCH3 is 1. The molecule has 0 spiro atoms. The van der Waals surface area contributed by atoms with Gasteiger partial charge in [0.1, 0.15) is 17.2 Å². The SMILES string of the molecule is COc1cccc(CNC(=O)[C@@H]2N3C(=O)c4ccccc4[C@H]3SC2(C)C)c1. The van der Waals surface area contributed by atoms with Crippen LogP contribution in [-0.2, 0) is 11.3 Å². The monoisotopic (exact) mass is 382 g/mol. The fourth-order valence-electron chi connectivity index (χ4n) is 3.87. The van der Waals surface area contributed by atoms with Gasteiger partial charge in [-0.1, -0.05) is 30.3 Å². The zero-order valence-electron chi connectivity index (χ0n) is 15.6. The van der Waals surface area contributed by atoms with E-state index in [0.29, 0.717) is 12.1 Å². The number of amides is 2. The van der Waals surface area contributed by atoms with Crippen molar-refractivity contribution in [2.75, 3.05) is 7.11 Å². The predicted molar refractivity (Wildman–Crippen MR) is 106 cm³/mol. The number of rotatable bonds is 4. The van der Waals surface area contributed by atoms with E-state index in [0.717, 1.165) is 16.9 Å². The molecular weight excluding hydrogens is 360 g/mol. The molecule has 1 saturated heterocycles. The molecule has 6 heteroatoms. The van der Waals surface area contributed by atoms with Crippen molar-refractivity contribution in [1.82, 2.24) is 10.2 Å². The normalized spacial score (nSPS) is 22.3. The van der Waals surface area contributed by atoms with Gasteiger partial charge in [-0.2, -0.15) is 0 Å². The Morgan fingerprint density at radius 2 is 2.00 bits per heavy atom. The van der Waals surface area contributed by atoms with Crippen molar-refractivity contribution in [2.45, 2.75) is 36.6 Å². The van der Waals surface area contributed by atoms with Crippen LogP contribution in [0.1, 0.15) is 40.7 Å². The number of nitrogens with zero attached hydrogens (tertiary/aromatic N) is 1. The maximum absolute atomic E-state index is 13.1. The molecule has 1 N–H and O–H groups in total. The molecule has 0 radical (unpaired) electrons. The quantitative estimate of drug-likeness (QED) is 0.881. The largest absolute Gasteiger partial charge is 0.497 e. The molecule has 2 aliphatic rings. The highest BCUT2D eigenvalue weighted by Gasteiger charge is 2.57. The average Bonchev–Trinajstić information content (AvgIpc) is 3.10. The minimum absolute atomic E-state index is 0.0600. The van der Waals surface area contributed by atoms with Crippen LogP contribution < -0.4 is 10.1 Å². The van der Waals surface area contributed by atoms with Gasteiger partial charge in [-0.05, 0) is 43.2 Å². The molecule has 2 aliphatic heterocycles. The molecule has 2 aromatic carbocycles. The number of carbonyl (C=O) groups excluding carboxylic acids is 2. The van der Waals surface area contributed by atoms with Gasteiger partial charge in [-0.25, -0.2) is 0 Å². The Labute approximate surface area is 163 Å². The van der Waals surface area contributed by atoms with Crippen molar-refractivity contribution >= 4 is 23.6 Å². The van der Waals surface area contributed by atoms with E-state index >= 15 is 0 Å². The van der Waals surface area contributed by atoms with Gasteiger partial charge in [0.15, 0.2) is 0 Å². The van der Waals surface area contributed by atoms with Crippen molar-refractivity contribution < 1.29 is 14.3 Å². The molecule has 5 nitrogen and oxygen atoms in total. The van der Waals surface area contributed by atoms with Crippen LogP contribution in [0, 0.1) is 0 Å². The Morgan fingerprint density at radius 3 is 2.78 bits per heavy atom. The third-order valence-electron chi connectivity index (χ3n) is 5.15. The first-order valence-electron chi connectivity index (χ1n) is 8.92. The lowest BCUT2D eigenvalue weighted by molar-refractivity contribution is -0.126. The van der Waals surface area contributed by atoms with Gasteiger partial charge in [0, 0.05) is 16.9 Å². The molecule has 0 saturated carbocycles. The van der Waals surface area contributed by atoms with Crippen molar-refractivity contribution in [3.05, 3.63) is 65.2 Å². The lowest BCUT2D eigenvalue weighted by atomic mass is 10.0. The van der Waals surface area contributed by atoms with Gasteiger partial charge in [0.25, 0.3) is 5.91 Å². The molecule has 2 aromatic rings. The lowest BCUT2D eigenvalue weighted by Crippen LogP contribution is -2.52. The summed E-state index contributed by atoms with van der Waals surface area (Å²) in [5.41, 5.74) is 2.67. The number of carbonyl (C=O) groups is 2. The molecule has 27 heavy (non-hydrogen) atoms.